The Kier molecular flexibility index (Phi) is 7.05. The van der Waals surface area contributed by atoms with Crippen molar-refractivity contribution in [1.82, 2.24) is 15.2 Å². The second kappa shape index (κ2) is 9.91. The Balaban J connectivity index is 1.21. The largest absolute Gasteiger partial charge is 0.374 e. The minimum Gasteiger partial charge on any atom is -0.374 e. The second-order valence-electron chi connectivity index (χ2n) is 6.90. The van der Waals surface area contributed by atoms with Gasteiger partial charge in [-0.15, -0.1) is 11.3 Å². The molecule has 5 nitrogen and oxygen atoms in total. The number of nitrogens with one attached hydrogen (secondary N) is 1. The molecule has 4 rings (SSSR count). The Morgan fingerprint density at radius 1 is 1.31 bits per heavy atom. The number of carbonyl (C=O) groups excluding carboxylic acids is 1. The normalized spacial score (nSPS) is 17.5. The average molecular weight is 448 g/mol. The van der Waals surface area contributed by atoms with Gasteiger partial charge in [0.05, 0.1) is 28.7 Å². The minimum absolute atomic E-state index is 0.00364. The van der Waals surface area contributed by atoms with Gasteiger partial charge < -0.3 is 10.1 Å². The summed E-state index contributed by atoms with van der Waals surface area (Å²) in [6, 6.07) is 16.1. The van der Waals surface area contributed by atoms with Gasteiger partial charge in [-0.25, -0.2) is 4.98 Å². The summed E-state index contributed by atoms with van der Waals surface area (Å²) in [4.78, 5) is 19.2. The van der Waals surface area contributed by atoms with Crippen LogP contribution < -0.4 is 5.32 Å². The van der Waals surface area contributed by atoms with Crippen LogP contribution in [0, 0.1) is 0 Å². The molecule has 1 saturated heterocycles. The van der Waals surface area contributed by atoms with Crippen LogP contribution in [0.25, 0.3) is 10.2 Å². The van der Waals surface area contributed by atoms with Gasteiger partial charge in [0.2, 0.25) is 5.91 Å². The number of rotatable bonds is 7. The third-order valence-corrected chi connectivity index (χ3v) is 7.07. The van der Waals surface area contributed by atoms with Crippen LogP contribution in [0.4, 0.5) is 0 Å². The van der Waals surface area contributed by atoms with Crippen LogP contribution in [0.1, 0.15) is 5.56 Å². The van der Waals surface area contributed by atoms with E-state index in [0.29, 0.717) is 23.9 Å². The van der Waals surface area contributed by atoms with E-state index in [1.165, 1.54) is 17.3 Å². The zero-order valence-electron chi connectivity index (χ0n) is 15.8. The number of carbonyl (C=O) groups is 1. The molecule has 0 bridgehead atoms. The van der Waals surface area contributed by atoms with E-state index >= 15 is 0 Å². The highest BCUT2D eigenvalue weighted by atomic mass is 35.5. The topological polar surface area (TPSA) is 54.5 Å². The number of aromatic nitrogens is 1. The Morgan fingerprint density at radius 2 is 2.17 bits per heavy atom. The Morgan fingerprint density at radius 3 is 3.03 bits per heavy atom. The highest BCUT2D eigenvalue weighted by molar-refractivity contribution is 8.01. The fourth-order valence-electron chi connectivity index (χ4n) is 3.24. The summed E-state index contributed by atoms with van der Waals surface area (Å²) in [5.41, 5.74) is 2.17. The van der Waals surface area contributed by atoms with Crippen LogP contribution in [0.5, 0.6) is 0 Å². The molecule has 1 aliphatic rings. The van der Waals surface area contributed by atoms with Gasteiger partial charge in [-0.05, 0) is 23.8 Å². The summed E-state index contributed by atoms with van der Waals surface area (Å²) in [7, 11) is 0. The van der Waals surface area contributed by atoms with Gasteiger partial charge in [0, 0.05) is 31.2 Å². The Bertz CT molecular complexity index is 967. The molecule has 1 aromatic heterocycles. The van der Waals surface area contributed by atoms with Crippen LogP contribution in [0.2, 0.25) is 5.02 Å². The van der Waals surface area contributed by atoms with Crippen molar-refractivity contribution in [2.45, 2.75) is 17.0 Å². The van der Waals surface area contributed by atoms with Gasteiger partial charge in [-0.1, -0.05) is 53.7 Å². The molecular weight excluding hydrogens is 426 g/mol. The lowest BCUT2D eigenvalue weighted by molar-refractivity contribution is -0.119. The number of thiazole rings is 1. The van der Waals surface area contributed by atoms with Gasteiger partial charge in [0.25, 0.3) is 0 Å². The fraction of sp³-hybridized carbons (Fsp3) is 0.333. The lowest BCUT2D eigenvalue weighted by atomic mass is 10.2. The van der Waals surface area contributed by atoms with Crippen molar-refractivity contribution in [1.29, 1.82) is 0 Å². The number of thioether (sulfide) groups is 1. The molecule has 29 heavy (non-hydrogen) atoms. The molecule has 152 valence electrons. The summed E-state index contributed by atoms with van der Waals surface area (Å²) in [6.45, 7) is 3.86. The zero-order chi connectivity index (χ0) is 20.1. The molecule has 0 unspecified atom stereocenters. The van der Waals surface area contributed by atoms with Crippen molar-refractivity contribution in [2.24, 2.45) is 0 Å². The maximum absolute atomic E-state index is 12.3. The first-order chi connectivity index (χ1) is 14.2. The number of nitrogens with zero attached hydrogens (tertiary/aromatic N) is 2. The molecule has 0 aliphatic carbocycles. The van der Waals surface area contributed by atoms with Gasteiger partial charge in [-0.2, -0.15) is 0 Å². The summed E-state index contributed by atoms with van der Waals surface area (Å²) >= 11 is 9.03. The molecule has 0 radical (unpaired) electrons. The van der Waals surface area contributed by atoms with Crippen molar-refractivity contribution in [3.8, 4) is 0 Å². The van der Waals surface area contributed by atoms with Gasteiger partial charge in [-0.3, -0.25) is 9.69 Å². The molecule has 1 fully saturated rings. The quantitative estimate of drug-likeness (QED) is 0.553. The minimum atomic E-state index is -0.00364. The number of hydrogen-bond donors (Lipinski definition) is 1. The average Bonchev–Trinajstić information content (AvgIpc) is 3.14. The smallest absolute Gasteiger partial charge is 0.230 e. The van der Waals surface area contributed by atoms with Crippen molar-refractivity contribution < 1.29 is 9.53 Å². The van der Waals surface area contributed by atoms with E-state index in [2.05, 4.69) is 39.5 Å². The van der Waals surface area contributed by atoms with Crippen molar-refractivity contribution in [3.63, 3.8) is 0 Å². The molecule has 3 aromatic rings. The van der Waals surface area contributed by atoms with Crippen LogP contribution in [0.3, 0.4) is 0 Å². The number of benzene rings is 2. The summed E-state index contributed by atoms with van der Waals surface area (Å²) < 4.78 is 7.77. The molecule has 1 atom stereocenters. The first kappa shape index (κ1) is 20.6. The number of hydrogen-bond acceptors (Lipinski definition) is 6. The number of fused-ring (bicyclic) bond motifs is 1. The standard InChI is InChI=1S/C21H22ClN3O2S2/c22-16-6-7-19-18(10-16)24-21(29-19)28-14-20(26)23-11-17-13-25(8-9-27-17)12-15-4-2-1-3-5-15/h1-7,10,17H,8-9,11-14H2,(H,23,26)/t17-/m0/s1. The number of halogens is 1. The van der Waals surface area contributed by atoms with Crippen molar-refractivity contribution in [2.75, 3.05) is 32.0 Å². The monoisotopic (exact) mass is 447 g/mol. The second-order valence-corrected chi connectivity index (χ2v) is 9.59. The summed E-state index contributed by atoms with van der Waals surface area (Å²) in [5, 5.41) is 3.67. The summed E-state index contributed by atoms with van der Waals surface area (Å²) in [5.74, 6) is 0.338. The predicted octanol–water partition coefficient (Wildman–Crippen LogP) is 4.06. The number of ether oxygens (including phenoxy) is 1. The van der Waals surface area contributed by atoms with Gasteiger partial charge in [0.1, 0.15) is 0 Å². The molecule has 1 amide bonds. The maximum Gasteiger partial charge on any atom is 0.230 e. The van der Waals surface area contributed by atoms with E-state index in [1.807, 2.05) is 24.3 Å². The maximum atomic E-state index is 12.3. The molecular formula is C21H22ClN3O2S2. The van der Waals surface area contributed by atoms with Crippen LogP contribution in [-0.4, -0.2) is 53.9 Å². The lowest BCUT2D eigenvalue weighted by Gasteiger charge is -2.33. The van der Waals surface area contributed by atoms with Crippen molar-refractivity contribution in [3.05, 3.63) is 59.1 Å². The van der Waals surface area contributed by atoms with Crippen LogP contribution >= 0.6 is 34.7 Å². The first-order valence-electron chi connectivity index (χ1n) is 9.49. The molecule has 0 spiro atoms. The zero-order valence-corrected chi connectivity index (χ0v) is 18.2. The summed E-state index contributed by atoms with van der Waals surface area (Å²) in [6.07, 6.45) is 0.0194. The van der Waals surface area contributed by atoms with Gasteiger partial charge >= 0.3 is 0 Å². The fourth-order valence-corrected chi connectivity index (χ4v) is 5.28. The predicted molar refractivity (Wildman–Crippen MR) is 120 cm³/mol. The molecule has 0 saturated carbocycles. The SMILES string of the molecule is O=C(CSc1nc2cc(Cl)ccc2s1)NC[C@H]1CN(Cc2ccccc2)CCO1. The number of amides is 1. The van der Waals surface area contributed by atoms with E-state index in [-0.39, 0.29) is 12.0 Å². The molecule has 2 aromatic carbocycles. The highest BCUT2D eigenvalue weighted by Crippen LogP contribution is 2.30. The van der Waals surface area contributed by atoms with Crippen LogP contribution in [-0.2, 0) is 16.1 Å². The van der Waals surface area contributed by atoms with Gasteiger partial charge in [0.15, 0.2) is 4.34 Å². The molecule has 1 aliphatic heterocycles. The number of morpholine rings is 1. The molecule has 1 N–H and O–H groups in total. The van der Waals surface area contributed by atoms with E-state index in [1.54, 1.807) is 11.3 Å². The van der Waals surface area contributed by atoms with E-state index in [0.717, 1.165) is 34.2 Å². The lowest BCUT2D eigenvalue weighted by Crippen LogP contribution is -2.47. The third kappa shape index (κ3) is 5.93. The first-order valence-corrected chi connectivity index (χ1v) is 11.7. The van der Waals surface area contributed by atoms with E-state index in [4.69, 9.17) is 16.3 Å². The molecule has 2 heterocycles. The van der Waals surface area contributed by atoms with E-state index < -0.39 is 0 Å². The Hall–Kier alpha value is -1.64. The Labute approximate surface area is 183 Å². The molecule has 8 heteroatoms. The third-order valence-electron chi connectivity index (χ3n) is 4.66. The van der Waals surface area contributed by atoms with Crippen LogP contribution in [0.15, 0.2) is 52.9 Å². The van der Waals surface area contributed by atoms with Crippen molar-refractivity contribution >= 4 is 50.8 Å². The highest BCUT2D eigenvalue weighted by Gasteiger charge is 2.21. The van der Waals surface area contributed by atoms with E-state index in [9.17, 15) is 4.79 Å².